The van der Waals surface area contributed by atoms with Gasteiger partial charge in [-0.2, -0.15) is 0 Å². The van der Waals surface area contributed by atoms with Crippen molar-refractivity contribution in [1.29, 1.82) is 0 Å². The predicted molar refractivity (Wildman–Crippen MR) is 199 cm³/mol. The Morgan fingerprint density at radius 1 is 0.745 bits per heavy atom. The number of benzene rings is 2. The average molecular weight is 794 g/mol. The first kappa shape index (κ1) is 36.3. The Labute approximate surface area is 327 Å². The zero-order chi connectivity index (χ0) is 38.6. The maximum atomic E-state index is 15.0. The van der Waals surface area contributed by atoms with Crippen molar-refractivity contribution in [1.82, 2.24) is 20.2 Å². The van der Waals surface area contributed by atoms with Gasteiger partial charge in [0, 0.05) is 56.4 Å². The number of ether oxygens (including phenoxy) is 5. The number of aromatic nitrogens is 2. The molecule has 2 saturated heterocycles. The van der Waals surface area contributed by atoms with Crippen molar-refractivity contribution in [3.63, 3.8) is 0 Å². The standard InChI is InChI=1S/C23H24ClFN2O4.C18H16ClFN2O2/c1-22(2,3)31-21(28)27-10-13-14(11-27)18(13)19-15(25)6-7-16-20(19)30-23(4,29-16)17-8-5-12(24)9-26-17;1-18(14-5-2-9(19)6-22-14)23-13-4-3-12(20)16(17(13)24-18)15-10-7-21-8-11(10)15/h5-9,13-14,18H,10-11H2,1-4H3;2-6,10-11,15,21H,7-8H2,1H3/t13-,14+,18?,23?;10-,11+,15?,18?. The van der Waals surface area contributed by atoms with Crippen molar-refractivity contribution < 1.29 is 37.3 Å². The van der Waals surface area contributed by atoms with E-state index < -0.39 is 17.2 Å². The summed E-state index contributed by atoms with van der Waals surface area (Å²) in [7, 11) is 0. The fourth-order valence-corrected chi connectivity index (χ4v) is 8.95. The van der Waals surface area contributed by atoms with E-state index in [1.807, 2.05) is 20.8 Å². The van der Waals surface area contributed by atoms with E-state index in [0.717, 1.165) is 13.1 Å². The second-order valence-electron chi connectivity index (χ2n) is 16.4. The third kappa shape index (κ3) is 6.39. The van der Waals surface area contributed by atoms with Crippen LogP contribution in [0.3, 0.4) is 0 Å². The first-order chi connectivity index (χ1) is 26.1. The zero-order valence-electron chi connectivity index (χ0n) is 30.9. The number of rotatable bonds is 4. The zero-order valence-corrected chi connectivity index (χ0v) is 32.4. The molecular weight excluding hydrogens is 753 g/mol. The highest BCUT2D eigenvalue weighted by molar-refractivity contribution is 6.30. The van der Waals surface area contributed by atoms with Gasteiger partial charge in [-0.05, 0) is 112 Å². The second-order valence-corrected chi connectivity index (χ2v) is 17.2. The van der Waals surface area contributed by atoms with Gasteiger partial charge in [-0.3, -0.25) is 9.97 Å². The summed E-state index contributed by atoms with van der Waals surface area (Å²) in [6.45, 7) is 12.0. The fraction of sp³-hybridized carbons (Fsp3) is 0.439. The van der Waals surface area contributed by atoms with Crippen LogP contribution in [0.2, 0.25) is 10.0 Å². The van der Waals surface area contributed by atoms with E-state index in [4.69, 9.17) is 46.9 Å². The minimum absolute atomic E-state index is 0.0160. The third-order valence-electron chi connectivity index (χ3n) is 11.4. The normalized spacial score (nSPS) is 30.3. The number of amides is 1. The number of carbonyl (C=O) groups is 1. The van der Waals surface area contributed by atoms with Crippen LogP contribution in [0.15, 0.2) is 60.9 Å². The Morgan fingerprint density at radius 3 is 1.62 bits per heavy atom. The Balaban J connectivity index is 0.000000149. The van der Waals surface area contributed by atoms with E-state index in [9.17, 15) is 13.6 Å². The molecule has 0 bridgehead atoms. The van der Waals surface area contributed by atoms with Crippen LogP contribution in [0, 0.1) is 35.3 Å². The Morgan fingerprint density at radius 2 is 1.20 bits per heavy atom. The van der Waals surface area contributed by atoms with E-state index in [0.29, 0.717) is 80.5 Å². The van der Waals surface area contributed by atoms with E-state index >= 15 is 0 Å². The van der Waals surface area contributed by atoms with Gasteiger partial charge >= 0.3 is 6.09 Å². The number of likely N-dealkylation sites (tertiary alicyclic amines) is 1. The third-order valence-corrected chi connectivity index (χ3v) is 11.9. The lowest BCUT2D eigenvalue weighted by Gasteiger charge is -2.26. The first-order valence-electron chi connectivity index (χ1n) is 18.5. The number of carbonyl (C=O) groups excluding carboxylic acids is 1. The number of pyridine rings is 2. The van der Waals surface area contributed by atoms with Gasteiger partial charge < -0.3 is 33.9 Å². The highest BCUT2D eigenvalue weighted by Gasteiger charge is 2.61. The van der Waals surface area contributed by atoms with Crippen molar-refractivity contribution in [2.75, 3.05) is 26.2 Å². The van der Waals surface area contributed by atoms with Gasteiger partial charge in [-0.25, -0.2) is 13.6 Å². The van der Waals surface area contributed by atoms with Crippen LogP contribution in [-0.4, -0.2) is 52.7 Å². The molecular formula is C41H40Cl2F2N4O6. The summed E-state index contributed by atoms with van der Waals surface area (Å²) in [5.74, 6) is 0.775. The molecule has 2 aromatic carbocycles. The molecule has 2 saturated carbocycles. The molecule has 6 aliphatic rings. The predicted octanol–water partition coefficient (Wildman–Crippen LogP) is 8.55. The molecule has 55 heavy (non-hydrogen) atoms. The van der Waals surface area contributed by atoms with Crippen molar-refractivity contribution in [2.45, 2.75) is 63.6 Å². The first-order valence-corrected chi connectivity index (χ1v) is 19.2. The van der Waals surface area contributed by atoms with Crippen molar-refractivity contribution in [2.24, 2.45) is 23.7 Å². The lowest BCUT2D eigenvalue weighted by molar-refractivity contribution is -0.0725. The molecule has 0 radical (unpaired) electrons. The van der Waals surface area contributed by atoms with Crippen LogP contribution in [0.25, 0.3) is 0 Å². The molecule has 6 heterocycles. The monoisotopic (exact) mass is 792 g/mol. The van der Waals surface area contributed by atoms with Crippen LogP contribution in [0.1, 0.15) is 69.0 Å². The van der Waals surface area contributed by atoms with Crippen LogP contribution in [0.4, 0.5) is 13.6 Å². The quantitative estimate of drug-likeness (QED) is 0.218. The summed E-state index contributed by atoms with van der Waals surface area (Å²) >= 11 is 11.8. The number of hydrogen-bond acceptors (Lipinski definition) is 9. The number of piperidine rings is 2. The molecule has 2 aliphatic carbocycles. The topological polar surface area (TPSA) is 104 Å². The minimum Gasteiger partial charge on any atom is -0.444 e. The summed E-state index contributed by atoms with van der Waals surface area (Å²) in [5, 5.41) is 4.39. The lowest BCUT2D eigenvalue weighted by Crippen LogP contribution is -2.37. The Bertz CT molecular complexity index is 2170. The van der Waals surface area contributed by atoms with Gasteiger partial charge in [0.25, 0.3) is 11.6 Å². The number of fused-ring (bicyclic) bond motifs is 4. The van der Waals surface area contributed by atoms with Crippen molar-refractivity contribution in [3.8, 4) is 23.0 Å². The van der Waals surface area contributed by atoms with Crippen molar-refractivity contribution >= 4 is 29.3 Å². The molecule has 0 spiro atoms. The molecule has 8 atom stereocenters. The van der Waals surface area contributed by atoms with Gasteiger partial charge in [0.2, 0.25) is 0 Å². The van der Waals surface area contributed by atoms with Gasteiger partial charge in [-0.15, -0.1) is 0 Å². The van der Waals surface area contributed by atoms with Gasteiger partial charge in [-0.1, -0.05) is 23.2 Å². The SMILES string of the molecule is CC(C)(C)OC(=O)N1C[C@@H]2C(c3c(F)ccc4c3OC(C)(c3ccc(Cl)cn3)O4)[C@@H]2C1.CC1(c2ccc(Cl)cn2)Oc2ccc(F)c(C3[C@H]4CNC[C@@H]34)c2O1. The van der Waals surface area contributed by atoms with Crippen LogP contribution >= 0.6 is 23.2 Å². The van der Waals surface area contributed by atoms with Crippen LogP contribution in [-0.2, 0) is 16.3 Å². The Hall–Kier alpha value is -4.39. The van der Waals surface area contributed by atoms with Crippen LogP contribution in [0.5, 0.6) is 23.0 Å². The van der Waals surface area contributed by atoms with Crippen LogP contribution < -0.4 is 24.3 Å². The van der Waals surface area contributed by atoms with Gasteiger partial charge in [0.15, 0.2) is 23.0 Å². The summed E-state index contributed by atoms with van der Waals surface area (Å²) in [4.78, 5) is 22.7. The van der Waals surface area contributed by atoms with E-state index in [-0.39, 0.29) is 41.4 Å². The van der Waals surface area contributed by atoms with E-state index in [1.165, 1.54) is 18.3 Å². The van der Waals surface area contributed by atoms with Crippen molar-refractivity contribution in [3.05, 3.63) is 105 Å². The largest absolute Gasteiger partial charge is 0.444 e. The average Bonchev–Trinajstić information content (AvgIpc) is 3.56. The fourth-order valence-electron chi connectivity index (χ4n) is 8.73. The van der Waals surface area contributed by atoms with E-state index in [1.54, 1.807) is 61.3 Å². The molecule has 4 unspecified atom stereocenters. The number of halogens is 4. The lowest BCUT2D eigenvalue weighted by atomic mass is 10.0. The molecule has 10 nitrogen and oxygen atoms in total. The summed E-state index contributed by atoms with van der Waals surface area (Å²) in [5.41, 5.74) is 1.79. The molecule has 4 aliphatic heterocycles. The number of hydrogen-bond donors (Lipinski definition) is 1. The molecule has 4 aromatic rings. The molecule has 4 fully saturated rings. The Kier molecular flexibility index (Phi) is 8.45. The summed E-state index contributed by atoms with van der Waals surface area (Å²) < 4.78 is 59.3. The summed E-state index contributed by atoms with van der Waals surface area (Å²) in [6, 6.07) is 13.0. The minimum atomic E-state index is -1.16. The molecule has 1 amide bonds. The summed E-state index contributed by atoms with van der Waals surface area (Å²) in [6.07, 6.45) is 2.75. The molecule has 10 rings (SSSR count). The highest BCUT2D eigenvalue weighted by atomic mass is 35.5. The molecule has 1 N–H and O–H groups in total. The molecule has 2 aromatic heterocycles. The van der Waals surface area contributed by atoms with Gasteiger partial charge in [0.1, 0.15) is 28.6 Å². The molecule has 288 valence electrons. The van der Waals surface area contributed by atoms with E-state index in [2.05, 4.69) is 15.3 Å². The van der Waals surface area contributed by atoms with Gasteiger partial charge in [0.05, 0.1) is 10.0 Å². The highest BCUT2D eigenvalue weighted by Crippen LogP contribution is 2.64. The smallest absolute Gasteiger partial charge is 0.410 e. The second kappa shape index (κ2) is 12.8. The maximum Gasteiger partial charge on any atom is 0.410 e. The maximum absolute atomic E-state index is 15.0. The number of nitrogens with one attached hydrogen (secondary N) is 1. The number of nitrogens with zero attached hydrogens (tertiary/aromatic N) is 3. The molecule has 14 heteroatoms.